The molecule has 2 bridgehead atoms. The molecule has 3 aliphatic carbocycles. The number of carbonyl (C=O) groups excluding carboxylic acids is 3. The summed E-state index contributed by atoms with van der Waals surface area (Å²) in [4.78, 5) is 40.6. The number of rotatable bonds is 8. The number of hydrogen-bond donors (Lipinski definition) is 3. The van der Waals surface area contributed by atoms with Crippen LogP contribution in [0.4, 0.5) is 0 Å². The first-order chi connectivity index (χ1) is 20.4. The Morgan fingerprint density at radius 1 is 1.21 bits per heavy atom. The van der Waals surface area contributed by atoms with E-state index in [2.05, 4.69) is 38.0 Å². The van der Waals surface area contributed by atoms with E-state index in [0.717, 1.165) is 55.5 Å². The Hall–Kier alpha value is -2.16. The van der Waals surface area contributed by atoms with Gasteiger partial charge in [0, 0.05) is 34.6 Å². The van der Waals surface area contributed by atoms with Gasteiger partial charge >= 0.3 is 5.97 Å². The second-order valence-electron chi connectivity index (χ2n) is 14.2. The maximum Gasteiger partial charge on any atom is 0.316 e. The molecule has 0 radical (unpaired) electrons. The van der Waals surface area contributed by atoms with Gasteiger partial charge in [-0.15, -0.1) is 18.3 Å². The molecule has 8 heteroatoms. The van der Waals surface area contributed by atoms with E-state index in [-0.39, 0.29) is 52.6 Å². The highest BCUT2D eigenvalue weighted by Gasteiger charge is 2.68. The number of carbonyl (C=O) groups is 3. The van der Waals surface area contributed by atoms with Gasteiger partial charge in [0.15, 0.2) is 0 Å². The summed E-state index contributed by atoms with van der Waals surface area (Å²) < 4.78 is 6.38. The highest BCUT2D eigenvalue weighted by atomic mass is 32.2. The van der Waals surface area contributed by atoms with Crippen molar-refractivity contribution in [3.63, 3.8) is 0 Å². The summed E-state index contributed by atoms with van der Waals surface area (Å²) in [6.07, 6.45) is 7.29. The number of thioether (sulfide) groups is 1. The average Bonchev–Trinajstić information content (AvgIpc) is 3.37. The first kappa shape index (κ1) is 32.2. The van der Waals surface area contributed by atoms with Crippen LogP contribution < -0.4 is 10.6 Å². The summed E-state index contributed by atoms with van der Waals surface area (Å²) in [7, 11) is 0. The lowest BCUT2D eigenvalue weighted by Crippen LogP contribution is -2.63. The van der Waals surface area contributed by atoms with Crippen LogP contribution in [0.3, 0.4) is 0 Å². The van der Waals surface area contributed by atoms with Gasteiger partial charge in [-0.2, -0.15) is 0 Å². The van der Waals surface area contributed by atoms with Gasteiger partial charge < -0.3 is 20.5 Å². The van der Waals surface area contributed by atoms with Gasteiger partial charge in [-0.25, -0.2) is 0 Å². The van der Waals surface area contributed by atoms with E-state index >= 15 is 0 Å². The molecule has 1 aromatic rings. The topological polar surface area (TPSA) is 105 Å². The van der Waals surface area contributed by atoms with E-state index in [4.69, 9.17) is 4.74 Å². The fourth-order valence-corrected chi connectivity index (χ4v) is 9.73. The van der Waals surface area contributed by atoms with E-state index in [1.54, 1.807) is 0 Å². The number of ketones is 1. The van der Waals surface area contributed by atoms with Crippen molar-refractivity contribution >= 4 is 29.4 Å². The summed E-state index contributed by atoms with van der Waals surface area (Å²) in [5.41, 5.74) is -0.473. The van der Waals surface area contributed by atoms with E-state index in [0.29, 0.717) is 19.4 Å². The van der Waals surface area contributed by atoms with Crippen LogP contribution in [0, 0.1) is 34.0 Å². The second-order valence-corrected chi connectivity index (χ2v) is 15.3. The minimum atomic E-state index is -0.677. The molecule has 5 rings (SSSR count). The van der Waals surface area contributed by atoms with E-state index < -0.39 is 23.0 Å². The van der Waals surface area contributed by atoms with E-state index in [9.17, 15) is 19.5 Å². The highest BCUT2D eigenvalue weighted by molar-refractivity contribution is 8.00. The molecule has 236 valence electrons. The molecule has 1 amide bonds. The monoisotopic (exact) mass is 610 g/mol. The fraction of sp³-hybridized carbons (Fsp3) is 0.686. The Balaban J connectivity index is 1.29. The second kappa shape index (κ2) is 12.7. The molecule has 4 aliphatic rings. The third kappa shape index (κ3) is 5.96. The molecule has 3 unspecified atom stereocenters. The molecule has 7 nitrogen and oxygen atoms in total. The van der Waals surface area contributed by atoms with Crippen LogP contribution in [-0.4, -0.2) is 53.3 Å². The highest BCUT2D eigenvalue weighted by Crippen LogP contribution is 2.68. The van der Waals surface area contributed by atoms with Gasteiger partial charge in [0.05, 0.1) is 17.9 Å². The summed E-state index contributed by atoms with van der Waals surface area (Å²) in [5, 5.41) is 18.0. The smallest absolute Gasteiger partial charge is 0.316 e. The van der Waals surface area contributed by atoms with Crippen molar-refractivity contribution in [2.75, 3.05) is 12.3 Å². The van der Waals surface area contributed by atoms with Gasteiger partial charge in [-0.05, 0) is 80.0 Å². The normalized spacial score (nSPS) is 39.2. The lowest BCUT2D eigenvalue weighted by atomic mass is 9.44. The molecular formula is C35H50N2O5S. The molecule has 0 spiro atoms. The molecule has 1 aliphatic heterocycles. The van der Waals surface area contributed by atoms with E-state index in [1.165, 1.54) is 11.8 Å². The molecule has 9 atom stereocenters. The van der Waals surface area contributed by atoms with Crippen LogP contribution in [-0.2, 0) is 25.7 Å². The lowest BCUT2D eigenvalue weighted by Gasteiger charge is -2.61. The maximum atomic E-state index is 13.6. The minimum Gasteiger partial charge on any atom is -0.461 e. The van der Waals surface area contributed by atoms with Gasteiger partial charge in [0.25, 0.3) is 0 Å². The van der Waals surface area contributed by atoms with Gasteiger partial charge in [0.2, 0.25) is 5.91 Å². The number of esters is 1. The number of Topliss-reactive ketones (excluding diaryl/α,β-unsaturated/α-hetero) is 1. The Bertz CT molecular complexity index is 1230. The lowest BCUT2D eigenvalue weighted by molar-refractivity contribution is -0.205. The molecule has 1 saturated heterocycles. The van der Waals surface area contributed by atoms with Crippen LogP contribution in [0.2, 0.25) is 0 Å². The number of ether oxygens (including phenoxy) is 1. The number of aliphatic hydroxyl groups is 1. The van der Waals surface area contributed by atoms with Crippen molar-refractivity contribution in [1.82, 2.24) is 10.6 Å². The SMILES string of the molecule is C=C[C@]1(C)C[C@@H](OC(=O)CSc2cccc(CNC(=O)[C@@H]3CCCCN3)c2)[C@]2(C)C(C)CCC3(CCC(=O)C32)[C@@H](C)[C@@H]1O. The predicted octanol–water partition coefficient (Wildman–Crippen LogP) is 5.44. The van der Waals surface area contributed by atoms with Crippen molar-refractivity contribution in [2.24, 2.45) is 34.0 Å². The summed E-state index contributed by atoms with van der Waals surface area (Å²) in [6.45, 7) is 13.9. The number of nitrogens with one attached hydrogen (secondary N) is 2. The summed E-state index contributed by atoms with van der Waals surface area (Å²) >= 11 is 1.42. The molecule has 0 aromatic heterocycles. The molecule has 4 fully saturated rings. The fourth-order valence-electron chi connectivity index (χ4n) is 8.97. The van der Waals surface area contributed by atoms with E-state index in [1.807, 2.05) is 37.3 Å². The Morgan fingerprint density at radius 3 is 2.72 bits per heavy atom. The molecule has 3 saturated carbocycles. The van der Waals surface area contributed by atoms with Gasteiger partial charge in [-0.1, -0.05) is 52.3 Å². The van der Waals surface area contributed by atoms with Crippen molar-refractivity contribution in [1.29, 1.82) is 0 Å². The quantitative estimate of drug-likeness (QED) is 0.204. The Labute approximate surface area is 261 Å². The van der Waals surface area contributed by atoms with Crippen molar-refractivity contribution in [2.45, 2.75) is 109 Å². The minimum absolute atomic E-state index is 0.0294. The third-order valence-electron chi connectivity index (χ3n) is 11.9. The third-order valence-corrected chi connectivity index (χ3v) is 12.9. The van der Waals surface area contributed by atoms with Crippen LogP contribution in [0.1, 0.15) is 84.6 Å². The maximum absolute atomic E-state index is 13.6. The number of aliphatic hydroxyl groups excluding tert-OH is 1. The van der Waals surface area contributed by atoms with Crippen LogP contribution in [0.15, 0.2) is 41.8 Å². The Kier molecular flexibility index (Phi) is 9.51. The van der Waals surface area contributed by atoms with Crippen LogP contribution in [0.5, 0.6) is 0 Å². The average molecular weight is 611 g/mol. The Morgan fingerprint density at radius 2 is 2.00 bits per heavy atom. The number of hydrogen-bond acceptors (Lipinski definition) is 7. The molecule has 1 aromatic carbocycles. The summed E-state index contributed by atoms with van der Waals surface area (Å²) in [6, 6.07) is 7.76. The number of benzene rings is 1. The van der Waals surface area contributed by atoms with Crippen molar-refractivity contribution < 1.29 is 24.2 Å². The van der Waals surface area contributed by atoms with Crippen molar-refractivity contribution in [3.8, 4) is 0 Å². The zero-order chi connectivity index (χ0) is 31.0. The molecular weight excluding hydrogens is 560 g/mol. The first-order valence-corrected chi connectivity index (χ1v) is 17.2. The molecule has 43 heavy (non-hydrogen) atoms. The van der Waals surface area contributed by atoms with Crippen LogP contribution in [0.25, 0.3) is 0 Å². The zero-order valence-corrected chi connectivity index (χ0v) is 27.1. The summed E-state index contributed by atoms with van der Waals surface area (Å²) in [5.74, 6) is 0.0181. The number of piperidine rings is 1. The predicted molar refractivity (Wildman–Crippen MR) is 169 cm³/mol. The largest absolute Gasteiger partial charge is 0.461 e. The van der Waals surface area contributed by atoms with Gasteiger partial charge in [-0.3, -0.25) is 14.4 Å². The zero-order valence-electron chi connectivity index (χ0n) is 26.3. The van der Waals surface area contributed by atoms with Crippen LogP contribution >= 0.6 is 11.8 Å². The number of amides is 1. The molecule has 3 N–H and O–H groups in total. The first-order valence-electron chi connectivity index (χ1n) is 16.2. The molecule has 1 heterocycles. The van der Waals surface area contributed by atoms with Crippen molar-refractivity contribution in [3.05, 3.63) is 42.5 Å². The standard InChI is InChI=1S/C35H50N2O5S/c1-6-33(4)19-28(34(5)22(2)13-15-35(23(3)31(33)40)16-14-27(38)30(34)35)42-29(39)21-43-25-11-9-10-24(18-25)20-37-32(41)26-12-7-8-17-36-26/h6,9-11,18,22-23,26,28,30-31,36,40H,1,7-8,12-17,19-21H2,2-5H3,(H,37,41)/t22?,23-,26-,28+,30?,31-,33+,34-,35?/m0/s1. The van der Waals surface area contributed by atoms with Gasteiger partial charge in [0.1, 0.15) is 11.9 Å².